The van der Waals surface area contributed by atoms with Crippen molar-refractivity contribution in [3.05, 3.63) is 11.6 Å². The molecule has 0 bridgehead atoms. The first-order chi connectivity index (χ1) is 11.6. The highest BCUT2D eigenvalue weighted by atomic mass is 16.6. The Labute approximate surface area is 146 Å². The highest BCUT2D eigenvalue weighted by Crippen LogP contribution is 2.54. The predicted molar refractivity (Wildman–Crippen MR) is 95.6 cm³/mol. The quantitative estimate of drug-likeness (QED) is 0.562. The van der Waals surface area contributed by atoms with Crippen LogP contribution < -0.4 is 0 Å². The van der Waals surface area contributed by atoms with E-state index >= 15 is 0 Å². The van der Waals surface area contributed by atoms with Gasteiger partial charge in [-0.3, -0.25) is 4.79 Å². The zero-order valence-electron chi connectivity index (χ0n) is 15.4. The summed E-state index contributed by atoms with van der Waals surface area (Å²) in [6.45, 7) is 8.01. The van der Waals surface area contributed by atoms with Gasteiger partial charge < -0.3 is 9.64 Å². The topological polar surface area (TPSA) is 29.5 Å². The minimum Gasteiger partial charge on any atom is -0.461 e. The van der Waals surface area contributed by atoms with Crippen molar-refractivity contribution < 1.29 is 9.53 Å². The minimum atomic E-state index is 0.0688. The number of nitrogens with zero attached hydrogens (tertiary/aromatic N) is 1. The summed E-state index contributed by atoms with van der Waals surface area (Å²) in [7, 11) is 0. The van der Waals surface area contributed by atoms with Gasteiger partial charge in [-0.25, -0.2) is 0 Å². The molecule has 24 heavy (non-hydrogen) atoms. The molecule has 0 radical (unpaired) electrons. The van der Waals surface area contributed by atoms with Crippen molar-refractivity contribution in [3.8, 4) is 0 Å². The second kappa shape index (κ2) is 6.48. The predicted octanol–water partition coefficient (Wildman–Crippen LogP) is 4.18. The van der Waals surface area contributed by atoms with Gasteiger partial charge in [0, 0.05) is 12.5 Å². The van der Waals surface area contributed by atoms with Crippen LogP contribution in [0, 0.1) is 23.2 Å². The van der Waals surface area contributed by atoms with Crippen LogP contribution in [-0.4, -0.2) is 36.6 Å². The molecule has 3 heteroatoms. The van der Waals surface area contributed by atoms with Crippen molar-refractivity contribution in [2.24, 2.45) is 23.2 Å². The fraction of sp³-hybridized carbons (Fsp3) is 0.857. The number of rotatable bonds is 2. The van der Waals surface area contributed by atoms with Gasteiger partial charge >= 0.3 is 5.97 Å². The molecule has 0 aromatic carbocycles. The molecule has 0 N–H and O–H groups in total. The smallest absolute Gasteiger partial charge is 0.311 e. The van der Waals surface area contributed by atoms with E-state index in [1.54, 1.807) is 5.57 Å². The van der Waals surface area contributed by atoms with E-state index in [-0.39, 0.29) is 23.4 Å². The number of carbonyl (C=O) groups excluding carboxylic acids is 1. The van der Waals surface area contributed by atoms with Crippen LogP contribution in [0.2, 0.25) is 0 Å². The van der Waals surface area contributed by atoms with E-state index in [1.807, 2.05) is 0 Å². The number of esters is 1. The lowest BCUT2D eigenvalue weighted by atomic mass is 9.59. The molecule has 0 amide bonds. The maximum Gasteiger partial charge on any atom is 0.311 e. The molecule has 4 aliphatic rings. The van der Waals surface area contributed by atoms with E-state index in [0.29, 0.717) is 11.8 Å². The molecule has 0 aromatic heterocycles. The monoisotopic (exact) mass is 331 g/mol. The lowest BCUT2D eigenvalue weighted by Gasteiger charge is -2.46. The lowest BCUT2D eigenvalue weighted by Crippen LogP contribution is -2.41. The van der Waals surface area contributed by atoms with Crippen molar-refractivity contribution in [3.63, 3.8) is 0 Å². The number of allylic oxidation sites excluding steroid dienone is 1. The first-order valence-corrected chi connectivity index (χ1v) is 10.2. The molecular weight excluding hydrogens is 298 g/mol. The Kier molecular flexibility index (Phi) is 4.49. The van der Waals surface area contributed by atoms with Crippen LogP contribution in [0.5, 0.6) is 0 Å². The van der Waals surface area contributed by atoms with Gasteiger partial charge in [0.1, 0.15) is 6.10 Å². The van der Waals surface area contributed by atoms with Crippen LogP contribution >= 0.6 is 0 Å². The Morgan fingerprint density at radius 2 is 1.96 bits per heavy atom. The molecule has 134 valence electrons. The summed E-state index contributed by atoms with van der Waals surface area (Å²) in [6, 6.07) is 0. The van der Waals surface area contributed by atoms with Gasteiger partial charge in [-0.15, -0.1) is 0 Å². The van der Waals surface area contributed by atoms with E-state index in [0.717, 1.165) is 26.1 Å². The Bertz CT molecular complexity index is 520. The Morgan fingerprint density at radius 3 is 2.71 bits per heavy atom. The molecule has 4 rings (SSSR count). The lowest BCUT2D eigenvalue weighted by molar-refractivity contribution is -0.145. The fourth-order valence-corrected chi connectivity index (χ4v) is 5.86. The molecule has 1 saturated carbocycles. The molecule has 2 aliphatic carbocycles. The Morgan fingerprint density at radius 1 is 1.21 bits per heavy atom. The zero-order valence-corrected chi connectivity index (χ0v) is 15.4. The molecule has 2 aliphatic heterocycles. The number of hydrogen-bond donors (Lipinski definition) is 0. The highest BCUT2D eigenvalue weighted by molar-refractivity contribution is 5.76. The van der Waals surface area contributed by atoms with Crippen molar-refractivity contribution in [1.29, 1.82) is 0 Å². The van der Waals surface area contributed by atoms with Gasteiger partial charge in [-0.2, -0.15) is 0 Å². The summed E-state index contributed by atoms with van der Waals surface area (Å²) in [6.07, 6.45) is 12.8. The Hall–Kier alpha value is -0.830. The average Bonchev–Trinajstić information content (AvgIpc) is 2.72. The maximum atomic E-state index is 12.6. The minimum absolute atomic E-state index is 0.0688. The molecule has 3 nitrogen and oxygen atoms in total. The molecule has 0 aromatic rings. The largest absolute Gasteiger partial charge is 0.461 e. The van der Waals surface area contributed by atoms with Crippen LogP contribution in [-0.2, 0) is 9.53 Å². The molecular formula is C21H33NO2. The van der Waals surface area contributed by atoms with Crippen LogP contribution in [0.3, 0.4) is 0 Å². The van der Waals surface area contributed by atoms with E-state index in [2.05, 4.69) is 24.8 Å². The summed E-state index contributed by atoms with van der Waals surface area (Å²) in [5.74, 6) is 1.14. The third-order valence-corrected chi connectivity index (χ3v) is 7.24. The summed E-state index contributed by atoms with van der Waals surface area (Å²) < 4.78 is 5.89. The van der Waals surface area contributed by atoms with Gasteiger partial charge in [-0.05, 0) is 56.5 Å². The fourth-order valence-electron chi connectivity index (χ4n) is 5.86. The van der Waals surface area contributed by atoms with E-state index in [1.165, 1.54) is 44.9 Å². The highest BCUT2D eigenvalue weighted by Gasteiger charge is 2.51. The van der Waals surface area contributed by atoms with E-state index in [4.69, 9.17) is 4.74 Å². The van der Waals surface area contributed by atoms with Crippen LogP contribution in [0.25, 0.3) is 0 Å². The number of hydrogen-bond acceptors (Lipinski definition) is 3. The van der Waals surface area contributed by atoms with Gasteiger partial charge in [-0.1, -0.05) is 44.8 Å². The van der Waals surface area contributed by atoms with Gasteiger partial charge in [0.15, 0.2) is 0 Å². The molecule has 0 unspecified atom stereocenters. The number of ether oxygens (including phenoxy) is 1. The first-order valence-electron chi connectivity index (χ1n) is 10.2. The van der Waals surface area contributed by atoms with Gasteiger partial charge in [0.2, 0.25) is 0 Å². The van der Waals surface area contributed by atoms with Crippen molar-refractivity contribution >= 4 is 5.97 Å². The normalized spacial score (nSPS) is 43.4. The van der Waals surface area contributed by atoms with Crippen molar-refractivity contribution in [2.45, 2.75) is 71.3 Å². The van der Waals surface area contributed by atoms with Crippen LogP contribution in [0.1, 0.15) is 65.2 Å². The average molecular weight is 332 g/mol. The molecule has 2 saturated heterocycles. The molecule has 0 spiro atoms. The first kappa shape index (κ1) is 16.6. The number of likely N-dealkylation sites (tertiary alicyclic amines) is 1. The second-order valence-corrected chi connectivity index (χ2v) is 9.05. The van der Waals surface area contributed by atoms with Crippen LogP contribution in [0.15, 0.2) is 11.6 Å². The van der Waals surface area contributed by atoms with Gasteiger partial charge in [0.05, 0.1) is 5.92 Å². The van der Waals surface area contributed by atoms with Crippen molar-refractivity contribution in [1.82, 2.24) is 4.90 Å². The Balaban J connectivity index is 1.55. The summed E-state index contributed by atoms with van der Waals surface area (Å²) >= 11 is 0. The zero-order chi connectivity index (χ0) is 16.7. The maximum absolute atomic E-state index is 12.6. The number of carbonyl (C=O) groups is 1. The number of fused-ring (bicyclic) bond motifs is 2. The SMILES string of the molecule is C[C@H]1CCC[C@]2(C)C[C@H]3OC(=O)[C@H](CN4CCCCCC4)[C@H]3C=C12. The third-order valence-electron chi connectivity index (χ3n) is 7.24. The van der Waals surface area contributed by atoms with Gasteiger partial charge in [0.25, 0.3) is 0 Å². The van der Waals surface area contributed by atoms with Crippen molar-refractivity contribution in [2.75, 3.05) is 19.6 Å². The summed E-state index contributed by atoms with van der Waals surface area (Å²) in [4.78, 5) is 15.1. The van der Waals surface area contributed by atoms with Crippen LogP contribution in [0.4, 0.5) is 0 Å². The van der Waals surface area contributed by atoms with E-state index < -0.39 is 0 Å². The standard InChI is InChI=1S/C21H33NO2/c1-15-8-7-9-21(2)13-19-16(12-18(15)21)17(20(23)24-19)14-22-10-5-3-4-6-11-22/h12,15-17,19H,3-11,13-14H2,1-2H3/t15-,16+,17+,19+,21+/m0/s1. The van der Waals surface area contributed by atoms with E-state index in [9.17, 15) is 4.79 Å². The summed E-state index contributed by atoms with van der Waals surface area (Å²) in [5, 5.41) is 0. The second-order valence-electron chi connectivity index (χ2n) is 9.05. The molecule has 5 atom stereocenters. The molecule has 2 heterocycles. The third kappa shape index (κ3) is 2.94. The summed E-state index contributed by atoms with van der Waals surface area (Å²) in [5.41, 5.74) is 1.91. The molecule has 3 fully saturated rings.